The Bertz CT molecular complexity index is 1220. The maximum atomic E-state index is 14.1. The lowest BCUT2D eigenvalue weighted by Gasteiger charge is -2.38. The lowest BCUT2D eigenvalue weighted by atomic mass is 9.85. The Morgan fingerprint density at radius 2 is 1.56 bits per heavy atom. The second-order valence-corrected chi connectivity index (χ2v) is 17.0. The van der Waals surface area contributed by atoms with E-state index in [4.69, 9.17) is 0 Å². The second kappa shape index (κ2) is 14.0. The summed E-state index contributed by atoms with van der Waals surface area (Å²) in [5, 5.41) is 19.7. The molecule has 6 N–H and O–H groups in total. The van der Waals surface area contributed by atoms with E-state index in [1.165, 1.54) is 11.8 Å². The van der Waals surface area contributed by atoms with Crippen molar-refractivity contribution < 1.29 is 41.5 Å². The first-order valence-electron chi connectivity index (χ1n) is 15.1. The molecule has 1 unspecified atom stereocenters. The van der Waals surface area contributed by atoms with E-state index in [9.17, 15) is 41.5 Å². The van der Waals surface area contributed by atoms with Crippen molar-refractivity contribution in [2.45, 2.75) is 105 Å². The number of nitrogens with one attached hydrogen (secondary N) is 5. The number of hydrogen-bond donors (Lipinski definition) is 6. The standard InChI is InChI=1S/C29H52F2N6O7S/c1-15(38)12-32-23(39)17(11-19(30)31)34-24(40)21-20-16(29(20,8)9)14-37(21)25(41)22(28(5,6)7)36-26(42)35-18(27(2,3)4)13-33-45(10,43)44/h15-22,33,38H,11-14H2,1-10H3,(H,32,39)(H,34,40)(H2,35,36,42)/t15?,16-,17-,18+,20-,21-,22+/m0/s1. The van der Waals surface area contributed by atoms with Crippen molar-refractivity contribution in [3.63, 3.8) is 0 Å². The smallest absolute Gasteiger partial charge is 0.315 e. The van der Waals surface area contributed by atoms with Gasteiger partial charge in [0, 0.05) is 32.1 Å². The largest absolute Gasteiger partial charge is 0.392 e. The predicted molar refractivity (Wildman–Crippen MR) is 165 cm³/mol. The van der Waals surface area contributed by atoms with Crippen molar-refractivity contribution in [2.24, 2.45) is 28.1 Å². The van der Waals surface area contributed by atoms with E-state index in [1.54, 1.807) is 20.8 Å². The molecular weight excluding hydrogens is 614 g/mol. The van der Waals surface area contributed by atoms with E-state index >= 15 is 0 Å². The number of hydrogen-bond acceptors (Lipinski definition) is 7. The number of nitrogens with zero attached hydrogens (tertiary/aromatic N) is 1. The third-order valence-corrected chi connectivity index (χ3v) is 9.36. The zero-order valence-electron chi connectivity index (χ0n) is 28.0. The number of likely N-dealkylation sites (tertiary alicyclic amines) is 1. The summed E-state index contributed by atoms with van der Waals surface area (Å²) in [4.78, 5) is 55.0. The SMILES string of the molecule is CC(O)CNC(=O)[C@H](CC(F)F)NC(=O)[C@@H]1[C@@H]2[C@H](CN1C(=O)[C@@H](NC(=O)N[C@H](CNS(C)(=O)=O)C(C)(C)C)C(C)(C)C)C2(C)C. The van der Waals surface area contributed by atoms with Crippen LogP contribution in [0.4, 0.5) is 13.6 Å². The number of piperidine rings is 1. The van der Waals surface area contributed by atoms with Crippen LogP contribution in [0.5, 0.6) is 0 Å². The lowest BCUT2D eigenvalue weighted by molar-refractivity contribution is -0.144. The van der Waals surface area contributed by atoms with Crippen molar-refractivity contribution in [1.82, 2.24) is 30.9 Å². The van der Waals surface area contributed by atoms with Crippen LogP contribution < -0.4 is 26.0 Å². The topological polar surface area (TPSA) is 186 Å². The van der Waals surface area contributed by atoms with Gasteiger partial charge < -0.3 is 31.3 Å². The van der Waals surface area contributed by atoms with Gasteiger partial charge in [0.15, 0.2) is 0 Å². The second-order valence-electron chi connectivity index (χ2n) is 15.1. The van der Waals surface area contributed by atoms with Gasteiger partial charge in [-0.3, -0.25) is 14.4 Å². The average Bonchev–Trinajstić information content (AvgIpc) is 3.18. The molecule has 16 heteroatoms. The minimum Gasteiger partial charge on any atom is -0.392 e. The predicted octanol–water partition coefficient (Wildman–Crippen LogP) is 0.784. The fourth-order valence-corrected chi connectivity index (χ4v) is 6.27. The summed E-state index contributed by atoms with van der Waals surface area (Å²) in [7, 11) is -3.54. The molecular formula is C29H52F2N6O7S. The number of rotatable bonds is 13. The first-order valence-corrected chi connectivity index (χ1v) is 17.0. The van der Waals surface area contributed by atoms with Crippen LogP contribution in [0.15, 0.2) is 0 Å². The number of fused-ring (bicyclic) bond motifs is 1. The molecule has 13 nitrogen and oxygen atoms in total. The van der Waals surface area contributed by atoms with Gasteiger partial charge in [-0.05, 0) is 35.0 Å². The third-order valence-electron chi connectivity index (χ3n) is 8.67. The lowest BCUT2D eigenvalue weighted by Crippen LogP contribution is -2.62. The van der Waals surface area contributed by atoms with Crippen LogP contribution in [0.3, 0.4) is 0 Å². The molecule has 0 radical (unpaired) electrons. The zero-order valence-corrected chi connectivity index (χ0v) is 28.8. The average molecular weight is 667 g/mol. The van der Waals surface area contributed by atoms with Gasteiger partial charge in [-0.15, -0.1) is 0 Å². The van der Waals surface area contributed by atoms with Gasteiger partial charge >= 0.3 is 6.03 Å². The molecule has 2 aliphatic rings. The molecule has 0 aromatic heterocycles. The Morgan fingerprint density at radius 3 is 2.02 bits per heavy atom. The number of carbonyl (C=O) groups excluding carboxylic acids is 4. The minimum atomic E-state index is -3.54. The molecule has 260 valence electrons. The number of alkyl halides is 2. The van der Waals surface area contributed by atoms with Gasteiger partial charge in [0.1, 0.15) is 18.1 Å². The van der Waals surface area contributed by atoms with Crippen LogP contribution >= 0.6 is 0 Å². The molecule has 1 saturated heterocycles. The molecule has 5 amide bonds. The maximum Gasteiger partial charge on any atom is 0.315 e. The monoisotopic (exact) mass is 666 g/mol. The zero-order chi connectivity index (χ0) is 34.9. The first-order chi connectivity index (χ1) is 20.3. The van der Waals surface area contributed by atoms with Crippen LogP contribution in [0, 0.1) is 28.1 Å². The minimum absolute atomic E-state index is 0.0587. The Labute approximate surface area is 265 Å². The van der Waals surface area contributed by atoms with Crippen molar-refractivity contribution in [3.05, 3.63) is 0 Å². The van der Waals surface area contributed by atoms with E-state index < -0.39 is 87.7 Å². The molecule has 1 saturated carbocycles. The van der Waals surface area contributed by atoms with E-state index in [1.807, 2.05) is 34.6 Å². The van der Waals surface area contributed by atoms with Gasteiger partial charge in [-0.1, -0.05) is 55.4 Å². The van der Waals surface area contributed by atoms with Crippen molar-refractivity contribution in [2.75, 3.05) is 25.9 Å². The third kappa shape index (κ3) is 10.5. The molecule has 2 fully saturated rings. The number of sulfonamides is 1. The van der Waals surface area contributed by atoms with E-state index in [0.717, 1.165) is 6.26 Å². The molecule has 1 aliphatic heterocycles. The van der Waals surface area contributed by atoms with E-state index in [0.29, 0.717) is 0 Å². The fourth-order valence-electron chi connectivity index (χ4n) is 5.81. The molecule has 7 atom stereocenters. The number of halogens is 2. The summed E-state index contributed by atoms with van der Waals surface area (Å²) in [6.07, 6.45) is -3.78. The highest BCUT2D eigenvalue weighted by molar-refractivity contribution is 7.88. The molecule has 1 aliphatic carbocycles. The van der Waals surface area contributed by atoms with Crippen LogP contribution in [0.2, 0.25) is 0 Å². The maximum absolute atomic E-state index is 14.1. The Morgan fingerprint density at radius 1 is 0.978 bits per heavy atom. The van der Waals surface area contributed by atoms with Gasteiger partial charge in [0.2, 0.25) is 34.2 Å². The highest BCUT2D eigenvalue weighted by atomic mass is 32.2. The normalized spacial score (nSPS) is 23.8. The number of amides is 5. The quantitative estimate of drug-likeness (QED) is 0.168. The Hall–Kier alpha value is -2.59. The molecule has 1 heterocycles. The van der Waals surface area contributed by atoms with Crippen LogP contribution in [0.1, 0.15) is 68.7 Å². The molecule has 0 aromatic rings. The summed E-state index contributed by atoms with van der Waals surface area (Å²) in [5.74, 6) is -2.54. The highest BCUT2D eigenvalue weighted by Crippen LogP contribution is 2.65. The van der Waals surface area contributed by atoms with Gasteiger partial charge in [-0.2, -0.15) is 0 Å². The number of urea groups is 1. The molecule has 0 aromatic carbocycles. The first kappa shape index (κ1) is 38.6. The van der Waals surface area contributed by atoms with Gasteiger partial charge in [-0.25, -0.2) is 26.7 Å². The summed E-state index contributed by atoms with van der Waals surface area (Å²) in [5.41, 5.74) is -1.71. The van der Waals surface area contributed by atoms with Gasteiger partial charge in [0.25, 0.3) is 0 Å². The van der Waals surface area contributed by atoms with Crippen molar-refractivity contribution in [3.8, 4) is 0 Å². The Balaban J connectivity index is 2.31. The summed E-state index contributed by atoms with van der Waals surface area (Å²) in [6.45, 7) is 15.9. The van der Waals surface area contributed by atoms with Crippen LogP contribution in [0.25, 0.3) is 0 Å². The van der Waals surface area contributed by atoms with E-state index in [-0.39, 0.29) is 36.9 Å². The van der Waals surface area contributed by atoms with E-state index in [2.05, 4.69) is 26.0 Å². The number of aliphatic hydroxyl groups is 1. The van der Waals surface area contributed by atoms with Crippen LogP contribution in [-0.2, 0) is 24.4 Å². The highest BCUT2D eigenvalue weighted by Gasteiger charge is 2.70. The van der Waals surface area contributed by atoms with Crippen molar-refractivity contribution >= 4 is 33.8 Å². The van der Waals surface area contributed by atoms with Gasteiger partial charge in [0.05, 0.1) is 12.4 Å². The molecule has 45 heavy (non-hydrogen) atoms. The summed E-state index contributed by atoms with van der Waals surface area (Å²) in [6, 6.07) is -5.14. The molecule has 0 bridgehead atoms. The molecule has 2 rings (SSSR count). The summed E-state index contributed by atoms with van der Waals surface area (Å²) >= 11 is 0. The van der Waals surface area contributed by atoms with Crippen molar-refractivity contribution in [1.29, 1.82) is 0 Å². The fraction of sp³-hybridized carbons (Fsp3) is 0.862. The molecule has 0 spiro atoms. The Kier molecular flexibility index (Phi) is 12.0. The number of aliphatic hydroxyl groups excluding tert-OH is 1. The number of carbonyl (C=O) groups is 4. The summed E-state index contributed by atoms with van der Waals surface area (Å²) < 4.78 is 52.5. The van der Waals surface area contributed by atoms with Crippen LogP contribution in [-0.4, -0.2) is 105 Å².